The van der Waals surface area contributed by atoms with E-state index in [1.54, 1.807) is 0 Å². The Hall–Kier alpha value is -1.75. The zero-order valence-corrected chi connectivity index (χ0v) is 11.2. The smallest absolute Gasteiger partial charge is 0.245 e. The minimum atomic E-state index is -0.489. The van der Waals surface area contributed by atoms with E-state index in [4.69, 9.17) is 14.6 Å². The summed E-state index contributed by atoms with van der Waals surface area (Å²) in [6.45, 7) is 5.13. The van der Waals surface area contributed by atoms with Crippen molar-refractivity contribution in [2.45, 2.75) is 19.3 Å². The number of nitrogens with one attached hydrogen (secondary N) is 1. The summed E-state index contributed by atoms with van der Waals surface area (Å²) in [5.41, 5.74) is 0.802. The Kier molecular flexibility index (Phi) is 3.95. The summed E-state index contributed by atoms with van der Waals surface area (Å²) in [6.07, 6.45) is 0. The number of aliphatic hydroxyl groups excluding tert-OH is 1. The SMILES string of the molecule is CC(C)(CNC(=O)CO)c1ccc2c(c1)OCCO2. The van der Waals surface area contributed by atoms with Crippen molar-refractivity contribution in [3.8, 4) is 11.5 Å². The fraction of sp³-hybridized carbons (Fsp3) is 0.500. The van der Waals surface area contributed by atoms with Crippen LogP contribution in [0.4, 0.5) is 0 Å². The summed E-state index contributed by atoms with van der Waals surface area (Å²) in [4.78, 5) is 11.1. The van der Waals surface area contributed by atoms with Gasteiger partial charge in [0.25, 0.3) is 0 Å². The molecule has 1 amide bonds. The van der Waals surface area contributed by atoms with E-state index in [1.165, 1.54) is 0 Å². The lowest BCUT2D eigenvalue weighted by Crippen LogP contribution is -2.38. The van der Waals surface area contributed by atoms with E-state index in [0.717, 1.165) is 17.1 Å². The van der Waals surface area contributed by atoms with Gasteiger partial charge in [-0.1, -0.05) is 19.9 Å². The van der Waals surface area contributed by atoms with Gasteiger partial charge >= 0.3 is 0 Å². The first-order valence-electron chi connectivity index (χ1n) is 6.30. The largest absolute Gasteiger partial charge is 0.486 e. The molecule has 2 N–H and O–H groups in total. The molecule has 1 aliphatic heterocycles. The van der Waals surface area contributed by atoms with Gasteiger partial charge in [0.05, 0.1) is 0 Å². The number of ether oxygens (including phenoxy) is 2. The van der Waals surface area contributed by atoms with Crippen LogP contribution in [0, 0.1) is 0 Å². The molecule has 5 heteroatoms. The summed E-state index contributed by atoms with van der Waals surface area (Å²) in [7, 11) is 0. The van der Waals surface area contributed by atoms with Gasteiger partial charge in [-0.3, -0.25) is 4.79 Å². The van der Waals surface area contributed by atoms with E-state index in [-0.39, 0.29) is 11.3 Å². The molecule has 0 fully saturated rings. The molecule has 0 aromatic heterocycles. The van der Waals surface area contributed by atoms with Crippen LogP contribution in [0.15, 0.2) is 18.2 Å². The van der Waals surface area contributed by atoms with Crippen LogP contribution in [-0.2, 0) is 10.2 Å². The molecule has 19 heavy (non-hydrogen) atoms. The molecular formula is C14H19NO4. The van der Waals surface area contributed by atoms with Crippen LogP contribution in [0.5, 0.6) is 11.5 Å². The van der Waals surface area contributed by atoms with Crippen LogP contribution in [-0.4, -0.2) is 37.4 Å². The molecule has 1 aromatic carbocycles. The lowest BCUT2D eigenvalue weighted by atomic mass is 9.84. The van der Waals surface area contributed by atoms with Crippen LogP contribution >= 0.6 is 0 Å². The van der Waals surface area contributed by atoms with E-state index < -0.39 is 6.61 Å². The first kappa shape index (κ1) is 13.7. The molecular weight excluding hydrogens is 246 g/mol. The highest BCUT2D eigenvalue weighted by Crippen LogP contribution is 2.34. The number of hydrogen-bond donors (Lipinski definition) is 2. The van der Waals surface area contributed by atoms with Crippen LogP contribution in [0.1, 0.15) is 19.4 Å². The molecule has 1 aromatic rings. The summed E-state index contributed by atoms with van der Waals surface area (Å²) < 4.78 is 11.0. The van der Waals surface area contributed by atoms with Gasteiger partial charge in [0.1, 0.15) is 19.8 Å². The summed E-state index contributed by atoms with van der Waals surface area (Å²) in [5, 5.41) is 11.4. The van der Waals surface area contributed by atoms with E-state index in [1.807, 2.05) is 32.0 Å². The minimum absolute atomic E-state index is 0.249. The molecule has 1 heterocycles. The standard InChI is InChI=1S/C14H19NO4/c1-14(2,9-15-13(17)8-16)10-3-4-11-12(7-10)19-6-5-18-11/h3-4,7,16H,5-6,8-9H2,1-2H3,(H,15,17). The van der Waals surface area contributed by atoms with Crippen molar-refractivity contribution in [1.29, 1.82) is 0 Å². The van der Waals surface area contributed by atoms with E-state index >= 15 is 0 Å². The number of amides is 1. The number of aliphatic hydroxyl groups is 1. The molecule has 0 bridgehead atoms. The quantitative estimate of drug-likeness (QED) is 0.846. The zero-order valence-electron chi connectivity index (χ0n) is 11.2. The van der Waals surface area contributed by atoms with Crippen LogP contribution in [0.25, 0.3) is 0 Å². The van der Waals surface area contributed by atoms with Gasteiger partial charge in [0.2, 0.25) is 5.91 Å². The number of hydrogen-bond acceptors (Lipinski definition) is 4. The number of carbonyl (C=O) groups is 1. The molecule has 5 nitrogen and oxygen atoms in total. The molecule has 0 saturated heterocycles. The monoisotopic (exact) mass is 265 g/mol. The minimum Gasteiger partial charge on any atom is -0.486 e. The molecule has 0 atom stereocenters. The van der Waals surface area contributed by atoms with Crippen molar-refractivity contribution in [2.75, 3.05) is 26.4 Å². The number of rotatable bonds is 4. The third-order valence-electron chi connectivity index (χ3n) is 3.19. The lowest BCUT2D eigenvalue weighted by Gasteiger charge is -2.27. The highest BCUT2D eigenvalue weighted by atomic mass is 16.6. The highest BCUT2D eigenvalue weighted by molar-refractivity contribution is 5.77. The predicted octanol–water partition coefficient (Wildman–Crippen LogP) is 0.844. The van der Waals surface area contributed by atoms with Gasteiger partial charge in [-0.2, -0.15) is 0 Å². The predicted molar refractivity (Wildman–Crippen MR) is 70.6 cm³/mol. The van der Waals surface area contributed by atoms with Crippen molar-refractivity contribution >= 4 is 5.91 Å². The van der Waals surface area contributed by atoms with E-state index in [9.17, 15) is 4.79 Å². The van der Waals surface area contributed by atoms with Crippen LogP contribution < -0.4 is 14.8 Å². The van der Waals surface area contributed by atoms with Gasteiger partial charge in [-0.15, -0.1) is 0 Å². The Balaban J connectivity index is 2.13. The van der Waals surface area contributed by atoms with Gasteiger partial charge < -0.3 is 19.9 Å². The maximum atomic E-state index is 11.1. The first-order chi connectivity index (χ1) is 9.03. The second-order valence-electron chi connectivity index (χ2n) is 5.18. The summed E-state index contributed by atoms with van der Waals surface area (Å²) in [6, 6.07) is 5.80. The molecule has 0 saturated carbocycles. The Morgan fingerprint density at radius 2 is 2.00 bits per heavy atom. The third-order valence-corrected chi connectivity index (χ3v) is 3.19. The topological polar surface area (TPSA) is 67.8 Å². The van der Waals surface area contributed by atoms with Gasteiger partial charge in [-0.05, 0) is 17.7 Å². The average Bonchev–Trinajstić information content (AvgIpc) is 2.44. The number of benzene rings is 1. The molecule has 104 valence electrons. The van der Waals surface area contributed by atoms with Crippen LogP contribution in [0.2, 0.25) is 0 Å². The van der Waals surface area contributed by atoms with E-state index in [0.29, 0.717) is 19.8 Å². The second-order valence-corrected chi connectivity index (χ2v) is 5.18. The van der Waals surface area contributed by atoms with Crippen molar-refractivity contribution in [2.24, 2.45) is 0 Å². The summed E-state index contributed by atoms with van der Waals surface area (Å²) >= 11 is 0. The van der Waals surface area contributed by atoms with Gasteiger partial charge in [0, 0.05) is 12.0 Å². The Morgan fingerprint density at radius 3 is 2.68 bits per heavy atom. The first-order valence-corrected chi connectivity index (χ1v) is 6.30. The number of fused-ring (bicyclic) bond motifs is 1. The van der Waals surface area contributed by atoms with Crippen molar-refractivity contribution < 1.29 is 19.4 Å². The fourth-order valence-corrected chi connectivity index (χ4v) is 1.94. The highest BCUT2D eigenvalue weighted by Gasteiger charge is 2.23. The lowest BCUT2D eigenvalue weighted by molar-refractivity contribution is -0.124. The van der Waals surface area contributed by atoms with E-state index in [2.05, 4.69) is 5.32 Å². The number of carbonyl (C=O) groups excluding carboxylic acids is 1. The molecule has 0 unspecified atom stereocenters. The molecule has 2 rings (SSSR count). The van der Waals surface area contributed by atoms with Crippen molar-refractivity contribution in [1.82, 2.24) is 5.32 Å². The van der Waals surface area contributed by atoms with Crippen molar-refractivity contribution in [3.63, 3.8) is 0 Å². The maximum absolute atomic E-state index is 11.1. The molecule has 0 aliphatic carbocycles. The van der Waals surface area contributed by atoms with Crippen LogP contribution in [0.3, 0.4) is 0 Å². The Labute approximate surface area is 112 Å². The summed E-state index contributed by atoms with van der Waals surface area (Å²) in [5.74, 6) is 1.13. The second kappa shape index (κ2) is 5.48. The maximum Gasteiger partial charge on any atom is 0.245 e. The fourth-order valence-electron chi connectivity index (χ4n) is 1.94. The average molecular weight is 265 g/mol. The normalized spacial score (nSPS) is 14.1. The van der Waals surface area contributed by atoms with Crippen molar-refractivity contribution in [3.05, 3.63) is 23.8 Å². The third kappa shape index (κ3) is 3.17. The molecule has 1 aliphatic rings. The Morgan fingerprint density at radius 1 is 1.32 bits per heavy atom. The molecule has 0 radical (unpaired) electrons. The Bertz CT molecular complexity index is 471. The molecule has 0 spiro atoms. The zero-order chi connectivity index (χ0) is 13.9. The van der Waals surface area contributed by atoms with Gasteiger partial charge in [-0.25, -0.2) is 0 Å². The van der Waals surface area contributed by atoms with Gasteiger partial charge in [0.15, 0.2) is 11.5 Å².